The summed E-state index contributed by atoms with van der Waals surface area (Å²) in [6.07, 6.45) is 1.63. The van der Waals surface area contributed by atoms with Gasteiger partial charge in [-0.25, -0.2) is 4.99 Å². The monoisotopic (exact) mass is 435 g/mol. The van der Waals surface area contributed by atoms with E-state index in [1.54, 1.807) is 30.3 Å². The second-order valence-electron chi connectivity index (χ2n) is 6.41. The Kier molecular flexibility index (Phi) is 5.85. The highest BCUT2D eigenvalue weighted by Crippen LogP contribution is 2.31. The van der Waals surface area contributed by atoms with Crippen LogP contribution in [-0.4, -0.2) is 22.6 Å². The lowest BCUT2D eigenvalue weighted by molar-refractivity contribution is -0.384. The summed E-state index contributed by atoms with van der Waals surface area (Å²) in [7, 11) is 0. The Bertz CT molecular complexity index is 1180. The molecule has 1 amide bonds. The predicted molar refractivity (Wildman–Crippen MR) is 119 cm³/mol. The van der Waals surface area contributed by atoms with E-state index in [0.29, 0.717) is 39.5 Å². The Morgan fingerprint density at radius 1 is 1.13 bits per heavy atom. The maximum absolute atomic E-state index is 12.3. The largest absolute Gasteiger partial charge is 0.494 e. The number of hydrogen-bond donors (Lipinski definition) is 1. The molecule has 3 aromatic rings. The smallest absolute Gasteiger partial charge is 0.269 e. The third kappa shape index (κ3) is 4.84. The lowest BCUT2D eigenvalue weighted by atomic mass is 10.1. The van der Waals surface area contributed by atoms with E-state index in [9.17, 15) is 14.9 Å². The molecule has 1 saturated heterocycles. The molecule has 2 heterocycles. The maximum Gasteiger partial charge on any atom is 0.269 e. The van der Waals surface area contributed by atoms with Crippen LogP contribution in [0.1, 0.15) is 12.7 Å². The van der Waals surface area contributed by atoms with Gasteiger partial charge in [0.1, 0.15) is 17.3 Å². The van der Waals surface area contributed by atoms with Gasteiger partial charge in [-0.15, -0.1) is 0 Å². The topological polar surface area (TPSA) is 107 Å². The molecule has 0 aliphatic carbocycles. The van der Waals surface area contributed by atoms with Crippen LogP contribution in [0.5, 0.6) is 5.75 Å². The van der Waals surface area contributed by atoms with Crippen molar-refractivity contribution >= 4 is 40.3 Å². The lowest BCUT2D eigenvalue weighted by Crippen LogP contribution is -2.19. The van der Waals surface area contributed by atoms with Gasteiger partial charge in [0, 0.05) is 23.8 Å². The van der Waals surface area contributed by atoms with Crippen molar-refractivity contribution < 1.29 is 18.9 Å². The van der Waals surface area contributed by atoms with Gasteiger partial charge >= 0.3 is 0 Å². The number of nitrogens with one attached hydrogen (secondary N) is 1. The van der Waals surface area contributed by atoms with E-state index in [1.165, 1.54) is 23.9 Å². The van der Waals surface area contributed by atoms with Gasteiger partial charge in [0.25, 0.3) is 11.6 Å². The predicted octanol–water partition coefficient (Wildman–Crippen LogP) is 5.15. The molecular weight excluding hydrogens is 418 g/mol. The lowest BCUT2D eigenvalue weighted by Gasteiger charge is -2.02. The van der Waals surface area contributed by atoms with Gasteiger partial charge in [0.15, 0.2) is 5.17 Å². The first-order valence-electron chi connectivity index (χ1n) is 9.39. The zero-order chi connectivity index (χ0) is 21.8. The molecule has 8 nitrogen and oxygen atoms in total. The number of ether oxygens (including phenoxy) is 1. The van der Waals surface area contributed by atoms with Crippen molar-refractivity contribution in [2.75, 3.05) is 6.61 Å². The molecule has 1 aliphatic heterocycles. The van der Waals surface area contributed by atoms with Gasteiger partial charge in [-0.2, -0.15) is 0 Å². The molecule has 0 bridgehead atoms. The first-order chi connectivity index (χ1) is 15.0. The quantitative estimate of drug-likeness (QED) is 0.326. The van der Waals surface area contributed by atoms with Gasteiger partial charge < -0.3 is 14.5 Å². The number of rotatable bonds is 6. The molecule has 0 saturated carbocycles. The molecule has 0 atom stereocenters. The van der Waals surface area contributed by atoms with Crippen molar-refractivity contribution in [3.8, 4) is 17.1 Å². The number of benzene rings is 2. The van der Waals surface area contributed by atoms with Crippen LogP contribution in [0.25, 0.3) is 17.4 Å². The average Bonchev–Trinajstić information content (AvgIpc) is 3.36. The van der Waals surface area contributed by atoms with Gasteiger partial charge in [-0.3, -0.25) is 14.9 Å². The van der Waals surface area contributed by atoms with Crippen LogP contribution >= 0.6 is 11.8 Å². The van der Waals surface area contributed by atoms with Crippen LogP contribution in [0, 0.1) is 10.1 Å². The average molecular weight is 435 g/mol. The van der Waals surface area contributed by atoms with E-state index in [0.717, 1.165) is 5.75 Å². The summed E-state index contributed by atoms with van der Waals surface area (Å²) >= 11 is 1.22. The van der Waals surface area contributed by atoms with Gasteiger partial charge in [0.05, 0.1) is 22.1 Å². The third-order valence-corrected chi connectivity index (χ3v) is 5.20. The molecule has 156 valence electrons. The molecule has 4 rings (SSSR count). The van der Waals surface area contributed by atoms with E-state index < -0.39 is 4.92 Å². The molecule has 31 heavy (non-hydrogen) atoms. The molecule has 0 unspecified atom stereocenters. The molecule has 1 N–H and O–H groups in total. The Labute approximate surface area is 181 Å². The minimum atomic E-state index is -0.454. The third-order valence-electron chi connectivity index (χ3n) is 4.29. The summed E-state index contributed by atoms with van der Waals surface area (Å²) in [6, 6.07) is 16.8. The van der Waals surface area contributed by atoms with Crippen molar-refractivity contribution in [2.24, 2.45) is 4.99 Å². The van der Waals surface area contributed by atoms with E-state index in [4.69, 9.17) is 9.15 Å². The first kappa shape index (κ1) is 20.4. The van der Waals surface area contributed by atoms with Crippen molar-refractivity contribution in [1.82, 2.24) is 5.32 Å². The second-order valence-corrected chi connectivity index (χ2v) is 7.45. The number of furan rings is 1. The highest BCUT2D eigenvalue weighted by atomic mass is 32.2. The molecular formula is C22H17N3O5S. The van der Waals surface area contributed by atoms with Crippen LogP contribution in [0.15, 0.2) is 75.0 Å². The number of nitro groups is 1. The number of nitrogens with zero attached hydrogens (tertiary/aromatic N) is 2. The number of thioether (sulfide) groups is 1. The number of carbonyl (C=O) groups is 1. The van der Waals surface area contributed by atoms with Crippen LogP contribution in [0.4, 0.5) is 11.4 Å². The number of amides is 1. The van der Waals surface area contributed by atoms with Crippen LogP contribution < -0.4 is 10.1 Å². The number of hydrogen-bond acceptors (Lipinski definition) is 7. The number of nitro benzene ring substituents is 1. The Hall–Kier alpha value is -3.85. The van der Waals surface area contributed by atoms with Crippen molar-refractivity contribution in [3.63, 3.8) is 0 Å². The SMILES string of the molecule is CCOc1ccc(N=C2NC(=O)/C(=C\c3ccc(-c4ccc([N+](=O)[O-])cc4)o3)S2)cc1. The highest BCUT2D eigenvalue weighted by molar-refractivity contribution is 8.18. The zero-order valence-electron chi connectivity index (χ0n) is 16.4. The molecule has 1 fully saturated rings. The minimum Gasteiger partial charge on any atom is -0.494 e. The minimum absolute atomic E-state index is 0.0102. The van der Waals surface area contributed by atoms with Gasteiger partial charge in [-0.1, -0.05) is 0 Å². The summed E-state index contributed by atoms with van der Waals surface area (Å²) in [4.78, 5) is 27.5. The Morgan fingerprint density at radius 3 is 2.55 bits per heavy atom. The Balaban J connectivity index is 1.48. The zero-order valence-corrected chi connectivity index (χ0v) is 17.2. The van der Waals surface area contributed by atoms with Crippen molar-refractivity contribution in [1.29, 1.82) is 0 Å². The number of carbonyl (C=O) groups excluding carboxylic acids is 1. The molecule has 0 radical (unpaired) electrons. The number of aliphatic imine (C=N–C) groups is 1. The fraction of sp³-hybridized carbons (Fsp3) is 0.0909. The van der Waals surface area contributed by atoms with Crippen LogP contribution in [0.2, 0.25) is 0 Å². The maximum atomic E-state index is 12.3. The van der Waals surface area contributed by atoms with Crippen molar-refractivity contribution in [2.45, 2.75) is 6.92 Å². The van der Waals surface area contributed by atoms with E-state index in [-0.39, 0.29) is 11.6 Å². The van der Waals surface area contributed by atoms with Crippen LogP contribution in [0.3, 0.4) is 0 Å². The van der Waals surface area contributed by atoms with E-state index in [2.05, 4.69) is 10.3 Å². The summed E-state index contributed by atoms with van der Waals surface area (Å²) < 4.78 is 11.2. The molecule has 1 aromatic heterocycles. The molecule has 9 heteroatoms. The summed E-state index contributed by atoms with van der Waals surface area (Å²) in [5.74, 6) is 1.54. The number of non-ortho nitro benzene ring substituents is 1. The highest BCUT2D eigenvalue weighted by Gasteiger charge is 2.24. The summed E-state index contributed by atoms with van der Waals surface area (Å²) in [5, 5.41) is 14.0. The van der Waals surface area contributed by atoms with E-state index >= 15 is 0 Å². The summed E-state index contributed by atoms with van der Waals surface area (Å²) in [6.45, 7) is 2.51. The number of amidine groups is 1. The summed E-state index contributed by atoms with van der Waals surface area (Å²) in [5.41, 5.74) is 1.42. The van der Waals surface area contributed by atoms with Crippen LogP contribution in [-0.2, 0) is 4.79 Å². The Morgan fingerprint density at radius 2 is 1.87 bits per heavy atom. The molecule has 0 spiro atoms. The first-order valence-corrected chi connectivity index (χ1v) is 10.2. The van der Waals surface area contributed by atoms with Gasteiger partial charge in [0.2, 0.25) is 0 Å². The van der Waals surface area contributed by atoms with Gasteiger partial charge in [-0.05, 0) is 67.2 Å². The second kappa shape index (κ2) is 8.88. The normalized spacial score (nSPS) is 16.0. The fourth-order valence-electron chi connectivity index (χ4n) is 2.84. The fourth-order valence-corrected chi connectivity index (χ4v) is 3.67. The standard InChI is InChI=1S/C22H17N3O5S/c1-2-29-17-9-5-15(6-10-17)23-22-24-21(26)20(31-22)13-18-11-12-19(30-18)14-3-7-16(8-4-14)25(27)28/h3-13H,2H2,1H3,(H,23,24,26)/b20-13+. The van der Waals surface area contributed by atoms with Crippen molar-refractivity contribution in [3.05, 3.63) is 81.4 Å². The molecule has 1 aliphatic rings. The molecule has 2 aromatic carbocycles. The van der Waals surface area contributed by atoms with E-state index in [1.807, 2.05) is 31.2 Å².